The van der Waals surface area contributed by atoms with Crippen LogP contribution in [0.5, 0.6) is 5.75 Å². The van der Waals surface area contributed by atoms with Gasteiger partial charge in [-0.3, -0.25) is 9.69 Å². The number of hydrogen-bond donors (Lipinski definition) is 0. The minimum atomic E-state index is 0. The molecule has 2 fully saturated rings. The first-order valence-electron chi connectivity index (χ1n) is 9.74. The molecule has 150 valence electrons. The largest absolute Gasteiger partial charge is 0.496 e. The highest BCUT2D eigenvalue weighted by molar-refractivity contribution is 5.85. The molecular weight excluding hydrogens is 372 g/mol. The molecule has 0 radical (unpaired) electrons. The normalized spacial score (nSPS) is 24.0. The lowest BCUT2D eigenvalue weighted by molar-refractivity contribution is -0.129. The van der Waals surface area contributed by atoms with E-state index in [0.717, 1.165) is 30.9 Å². The van der Waals surface area contributed by atoms with Crippen LogP contribution in [-0.2, 0) is 11.2 Å². The van der Waals surface area contributed by atoms with E-state index in [1.807, 2.05) is 24.3 Å². The first kappa shape index (κ1) is 20.7. The van der Waals surface area contributed by atoms with Crippen molar-refractivity contribution in [3.05, 3.63) is 65.2 Å². The number of hydrogen-bond acceptors (Lipinski definition) is 3. The van der Waals surface area contributed by atoms with E-state index in [0.29, 0.717) is 24.3 Å². The van der Waals surface area contributed by atoms with Crippen molar-refractivity contribution in [1.29, 1.82) is 0 Å². The van der Waals surface area contributed by atoms with E-state index in [1.165, 1.54) is 11.1 Å². The Kier molecular flexibility index (Phi) is 6.31. The summed E-state index contributed by atoms with van der Waals surface area (Å²) in [7, 11) is 3.88. The summed E-state index contributed by atoms with van der Waals surface area (Å²) < 4.78 is 5.41. The second-order valence-corrected chi connectivity index (χ2v) is 7.95. The van der Waals surface area contributed by atoms with Gasteiger partial charge in [0.15, 0.2) is 0 Å². The van der Waals surface area contributed by atoms with Gasteiger partial charge in [0.1, 0.15) is 5.75 Å². The maximum absolute atomic E-state index is 13.0. The van der Waals surface area contributed by atoms with Crippen LogP contribution < -0.4 is 4.74 Å². The minimum absolute atomic E-state index is 0. The lowest BCUT2D eigenvalue weighted by atomic mass is 9.88. The van der Waals surface area contributed by atoms with Gasteiger partial charge in [-0.15, -0.1) is 12.4 Å². The fourth-order valence-corrected chi connectivity index (χ4v) is 4.97. The van der Waals surface area contributed by atoms with Crippen molar-refractivity contribution in [2.75, 3.05) is 33.8 Å². The molecular formula is C23H29ClN2O2. The summed E-state index contributed by atoms with van der Waals surface area (Å²) in [6.07, 6.45) is 0.411. The third kappa shape index (κ3) is 3.76. The van der Waals surface area contributed by atoms with E-state index in [2.05, 4.69) is 48.0 Å². The maximum atomic E-state index is 13.0. The van der Waals surface area contributed by atoms with E-state index in [9.17, 15) is 4.79 Å². The van der Waals surface area contributed by atoms with Crippen molar-refractivity contribution in [2.24, 2.45) is 11.8 Å². The molecule has 2 aromatic rings. The van der Waals surface area contributed by atoms with Gasteiger partial charge in [0.2, 0.25) is 5.91 Å². The van der Waals surface area contributed by atoms with Crippen LogP contribution in [0.4, 0.5) is 0 Å². The van der Waals surface area contributed by atoms with Gasteiger partial charge in [-0.2, -0.15) is 0 Å². The number of nitrogens with zero attached hydrogens (tertiary/aromatic N) is 2. The molecule has 0 bridgehead atoms. The molecule has 0 saturated carbocycles. The summed E-state index contributed by atoms with van der Waals surface area (Å²) in [5.41, 5.74) is 3.72. The SMILES string of the molecule is COc1ccccc1CC(=O)N1C[C@@H]2CN(C)[C@H](c3ccccc3C)[C@@H]2C1.Cl. The monoisotopic (exact) mass is 400 g/mol. The van der Waals surface area contributed by atoms with Crippen LogP contribution in [0.3, 0.4) is 0 Å². The van der Waals surface area contributed by atoms with Crippen molar-refractivity contribution < 1.29 is 9.53 Å². The van der Waals surface area contributed by atoms with E-state index >= 15 is 0 Å². The first-order valence-corrected chi connectivity index (χ1v) is 9.74. The van der Waals surface area contributed by atoms with Crippen LogP contribution >= 0.6 is 12.4 Å². The number of rotatable bonds is 4. The number of ether oxygens (including phenoxy) is 1. The Bertz CT molecular complexity index is 841. The number of carbonyl (C=O) groups is 1. The zero-order chi connectivity index (χ0) is 19.0. The molecule has 0 unspecified atom stereocenters. The number of carbonyl (C=O) groups excluding carboxylic acids is 1. The number of halogens is 1. The van der Waals surface area contributed by atoms with Gasteiger partial charge in [0, 0.05) is 37.2 Å². The average Bonchev–Trinajstić information content (AvgIpc) is 3.20. The second-order valence-electron chi connectivity index (χ2n) is 7.95. The average molecular weight is 401 g/mol. The van der Waals surface area contributed by atoms with Crippen LogP contribution in [0.25, 0.3) is 0 Å². The third-order valence-corrected chi connectivity index (χ3v) is 6.29. The number of fused-ring (bicyclic) bond motifs is 1. The Morgan fingerprint density at radius 3 is 2.54 bits per heavy atom. The highest BCUT2D eigenvalue weighted by Gasteiger charge is 2.47. The molecule has 2 aliphatic heterocycles. The second kappa shape index (κ2) is 8.54. The van der Waals surface area contributed by atoms with Gasteiger partial charge in [-0.05, 0) is 37.1 Å². The lowest BCUT2D eigenvalue weighted by Gasteiger charge is -2.28. The van der Waals surface area contributed by atoms with E-state index in [-0.39, 0.29) is 18.3 Å². The van der Waals surface area contributed by atoms with Gasteiger partial charge >= 0.3 is 0 Å². The molecule has 2 aromatic carbocycles. The molecule has 28 heavy (non-hydrogen) atoms. The quantitative estimate of drug-likeness (QED) is 0.783. The summed E-state index contributed by atoms with van der Waals surface area (Å²) >= 11 is 0. The maximum Gasteiger partial charge on any atom is 0.227 e. The molecule has 5 heteroatoms. The molecule has 2 heterocycles. The Morgan fingerprint density at radius 1 is 1.07 bits per heavy atom. The predicted molar refractivity (Wildman–Crippen MR) is 114 cm³/mol. The summed E-state index contributed by atoms with van der Waals surface area (Å²) in [6.45, 7) is 4.96. The summed E-state index contributed by atoms with van der Waals surface area (Å²) in [6, 6.07) is 16.9. The molecule has 2 aliphatic rings. The molecule has 0 spiro atoms. The fourth-order valence-electron chi connectivity index (χ4n) is 4.97. The van der Waals surface area contributed by atoms with Crippen LogP contribution in [0.15, 0.2) is 48.5 Å². The predicted octanol–water partition coefficient (Wildman–Crippen LogP) is 3.73. The highest BCUT2D eigenvalue weighted by Crippen LogP contribution is 2.44. The molecule has 0 aromatic heterocycles. The molecule has 0 aliphatic carbocycles. The van der Waals surface area contributed by atoms with Gasteiger partial charge in [0.05, 0.1) is 13.5 Å². The van der Waals surface area contributed by atoms with Crippen LogP contribution in [0, 0.1) is 18.8 Å². The smallest absolute Gasteiger partial charge is 0.227 e. The van der Waals surface area contributed by atoms with Crippen molar-refractivity contribution in [2.45, 2.75) is 19.4 Å². The van der Waals surface area contributed by atoms with Gasteiger partial charge in [-0.1, -0.05) is 42.5 Å². The lowest BCUT2D eigenvalue weighted by Crippen LogP contribution is -2.34. The number of para-hydroxylation sites is 1. The summed E-state index contributed by atoms with van der Waals surface area (Å²) in [4.78, 5) is 17.5. The van der Waals surface area contributed by atoms with Gasteiger partial charge in [0.25, 0.3) is 0 Å². The Morgan fingerprint density at radius 2 is 1.79 bits per heavy atom. The van der Waals surface area contributed by atoms with Crippen LogP contribution in [0.2, 0.25) is 0 Å². The third-order valence-electron chi connectivity index (χ3n) is 6.29. The highest BCUT2D eigenvalue weighted by atomic mass is 35.5. The van der Waals surface area contributed by atoms with E-state index < -0.39 is 0 Å². The van der Waals surface area contributed by atoms with E-state index in [1.54, 1.807) is 7.11 Å². The number of benzene rings is 2. The Hall–Kier alpha value is -2.04. The summed E-state index contributed by atoms with van der Waals surface area (Å²) in [5, 5.41) is 0. The molecule has 4 nitrogen and oxygen atoms in total. The fraction of sp³-hybridized carbons (Fsp3) is 0.435. The molecule has 2 saturated heterocycles. The van der Waals surface area contributed by atoms with Crippen LogP contribution in [0.1, 0.15) is 22.7 Å². The van der Waals surface area contributed by atoms with E-state index in [4.69, 9.17) is 4.74 Å². The molecule has 0 N–H and O–H groups in total. The zero-order valence-electron chi connectivity index (χ0n) is 16.8. The summed E-state index contributed by atoms with van der Waals surface area (Å²) in [5.74, 6) is 2.07. The number of aryl methyl sites for hydroxylation is 1. The Balaban J connectivity index is 0.00000225. The van der Waals surface area contributed by atoms with Crippen molar-refractivity contribution in [1.82, 2.24) is 9.80 Å². The van der Waals surface area contributed by atoms with Gasteiger partial charge in [-0.25, -0.2) is 0 Å². The van der Waals surface area contributed by atoms with Crippen molar-refractivity contribution in [3.63, 3.8) is 0 Å². The molecule has 3 atom stereocenters. The van der Waals surface area contributed by atoms with Crippen LogP contribution in [-0.4, -0.2) is 49.5 Å². The standard InChI is InChI=1S/C23H28N2O2.ClH/c1-16-8-4-6-10-19(16)23-20-15-25(14-18(20)13-24(23)2)22(26)12-17-9-5-7-11-21(17)27-3;/h4-11,18,20,23H,12-15H2,1-3H3;1H/t18-,20+,23+;/m0./s1. The number of likely N-dealkylation sites (tertiary alicyclic amines) is 2. The topological polar surface area (TPSA) is 32.8 Å². The molecule has 1 amide bonds. The van der Waals surface area contributed by atoms with Crippen molar-refractivity contribution >= 4 is 18.3 Å². The van der Waals surface area contributed by atoms with Gasteiger partial charge < -0.3 is 9.64 Å². The zero-order valence-corrected chi connectivity index (χ0v) is 17.6. The van der Waals surface area contributed by atoms with Crippen molar-refractivity contribution in [3.8, 4) is 5.75 Å². The minimum Gasteiger partial charge on any atom is -0.496 e. The Labute approximate surface area is 173 Å². The number of amides is 1. The molecule has 4 rings (SSSR count). The first-order chi connectivity index (χ1) is 13.1. The number of methoxy groups -OCH3 is 1.